The van der Waals surface area contributed by atoms with E-state index in [1.54, 1.807) is 17.0 Å². The second-order valence-corrected chi connectivity index (χ2v) is 6.54. The first kappa shape index (κ1) is 14.9. The third kappa shape index (κ3) is 3.31. The molecule has 0 unspecified atom stereocenters. The molecule has 4 nitrogen and oxygen atoms in total. The number of carbonyl (C=O) groups excluding carboxylic acids is 2. The van der Waals surface area contributed by atoms with E-state index in [0.717, 1.165) is 5.69 Å². The number of rotatable bonds is 2. The molecule has 0 radical (unpaired) electrons. The van der Waals surface area contributed by atoms with Crippen molar-refractivity contribution in [1.82, 2.24) is 5.32 Å². The van der Waals surface area contributed by atoms with Gasteiger partial charge in [0.15, 0.2) is 0 Å². The summed E-state index contributed by atoms with van der Waals surface area (Å²) in [7, 11) is 0. The van der Waals surface area contributed by atoms with Crippen LogP contribution >= 0.6 is 11.6 Å². The number of hydrogen-bond acceptors (Lipinski definition) is 2. The van der Waals surface area contributed by atoms with Crippen molar-refractivity contribution in [2.45, 2.75) is 33.2 Å². The second kappa shape index (κ2) is 5.44. The summed E-state index contributed by atoms with van der Waals surface area (Å²) in [5.74, 6) is -0.0141. The minimum Gasteiger partial charge on any atom is -0.351 e. The van der Waals surface area contributed by atoms with Gasteiger partial charge in [0.2, 0.25) is 11.8 Å². The van der Waals surface area contributed by atoms with Crippen LogP contribution in [0, 0.1) is 5.41 Å². The van der Waals surface area contributed by atoms with E-state index in [-0.39, 0.29) is 17.9 Å². The van der Waals surface area contributed by atoms with Crippen LogP contribution in [0.3, 0.4) is 0 Å². The fourth-order valence-electron chi connectivity index (χ4n) is 2.08. The number of nitrogens with zero attached hydrogens (tertiary/aromatic N) is 1. The molecule has 20 heavy (non-hydrogen) atoms. The second-order valence-electron chi connectivity index (χ2n) is 6.11. The smallest absolute Gasteiger partial charge is 0.229 e. The summed E-state index contributed by atoms with van der Waals surface area (Å²) in [6.45, 7) is 6.07. The van der Waals surface area contributed by atoms with Crippen molar-refractivity contribution in [2.24, 2.45) is 5.41 Å². The van der Waals surface area contributed by atoms with Crippen LogP contribution in [0.1, 0.15) is 27.2 Å². The van der Waals surface area contributed by atoms with Crippen molar-refractivity contribution in [3.8, 4) is 0 Å². The van der Waals surface area contributed by atoms with Gasteiger partial charge in [0.05, 0.1) is 6.04 Å². The molecule has 1 fully saturated rings. The third-order valence-electron chi connectivity index (χ3n) is 3.28. The summed E-state index contributed by atoms with van der Waals surface area (Å²) in [5, 5.41) is 3.57. The molecule has 0 aromatic heterocycles. The van der Waals surface area contributed by atoms with Gasteiger partial charge in [-0.05, 0) is 24.3 Å². The van der Waals surface area contributed by atoms with Crippen molar-refractivity contribution in [3.05, 3.63) is 29.3 Å². The number of carbonyl (C=O) groups is 2. The van der Waals surface area contributed by atoms with E-state index in [9.17, 15) is 9.59 Å². The molecule has 0 bridgehead atoms. The lowest BCUT2D eigenvalue weighted by Gasteiger charge is -2.21. The summed E-state index contributed by atoms with van der Waals surface area (Å²) in [5.41, 5.74) is 0.364. The van der Waals surface area contributed by atoms with Crippen LogP contribution in [0.2, 0.25) is 5.02 Å². The van der Waals surface area contributed by atoms with Crippen molar-refractivity contribution in [1.29, 1.82) is 0 Å². The molecule has 1 atom stereocenters. The van der Waals surface area contributed by atoms with E-state index >= 15 is 0 Å². The standard InChI is InChI=1S/C15H19ClN2O2/c1-15(2,3)14(20)17-11-8-13(19)18(9-11)12-6-4-10(16)5-7-12/h4-7,11H,8-9H2,1-3H3,(H,17,20)/t11-/m1/s1. The van der Waals surface area contributed by atoms with E-state index in [4.69, 9.17) is 11.6 Å². The number of nitrogens with one attached hydrogen (secondary N) is 1. The molecular formula is C15H19ClN2O2. The van der Waals surface area contributed by atoms with Gasteiger partial charge in [0.1, 0.15) is 0 Å². The Morgan fingerprint density at radius 1 is 1.30 bits per heavy atom. The van der Waals surface area contributed by atoms with Gasteiger partial charge in [0.25, 0.3) is 0 Å². The fourth-order valence-corrected chi connectivity index (χ4v) is 2.20. The third-order valence-corrected chi connectivity index (χ3v) is 3.53. The van der Waals surface area contributed by atoms with Crippen LogP contribution in [-0.2, 0) is 9.59 Å². The quantitative estimate of drug-likeness (QED) is 0.911. The highest BCUT2D eigenvalue weighted by molar-refractivity contribution is 6.30. The van der Waals surface area contributed by atoms with Crippen LogP contribution in [0.5, 0.6) is 0 Å². The number of benzene rings is 1. The zero-order chi connectivity index (χ0) is 14.9. The van der Waals surface area contributed by atoms with Crippen molar-refractivity contribution >= 4 is 29.1 Å². The molecular weight excluding hydrogens is 276 g/mol. The van der Waals surface area contributed by atoms with E-state index in [0.29, 0.717) is 18.0 Å². The van der Waals surface area contributed by atoms with Crippen molar-refractivity contribution in [3.63, 3.8) is 0 Å². The first-order valence-electron chi connectivity index (χ1n) is 6.64. The summed E-state index contributed by atoms with van der Waals surface area (Å²) < 4.78 is 0. The van der Waals surface area contributed by atoms with Gasteiger partial charge in [-0.1, -0.05) is 32.4 Å². The summed E-state index contributed by atoms with van der Waals surface area (Å²) in [4.78, 5) is 25.7. The minimum atomic E-state index is -0.448. The Morgan fingerprint density at radius 3 is 2.45 bits per heavy atom. The van der Waals surface area contributed by atoms with Gasteiger partial charge >= 0.3 is 0 Å². The minimum absolute atomic E-state index is 0.0199. The van der Waals surface area contributed by atoms with Crippen LogP contribution in [0.4, 0.5) is 5.69 Å². The first-order chi connectivity index (χ1) is 9.27. The summed E-state index contributed by atoms with van der Waals surface area (Å²) >= 11 is 5.84. The van der Waals surface area contributed by atoms with Gasteiger partial charge < -0.3 is 10.2 Å². The lowest BCUT2D eigenvalue weighted by atomic mass is 9.95. The maximum Gasteiger partial charge on any atom is 0.229 e. The first-order valence-corrected chi connectivity index (χ1v) is 7.02. The molecule has 2 amide bonds. The Hall–Kier alpha value is -1.55. The normalized spacial score (nSPS) is 19.3. The topological polar surface area (TPSA) is 49.4 Å². The molecule has 1 N–H and O–H groups in total. The zero-order valence-electron chi connectivity index (χ0n) is 11.9. The molecule has 1 aliphatic heterocycles. The molecule has 1 aliphatic rings. The Bertz CT molecular complexity index is 520. The molecule has 1 saturated heterocycles. The van der Waals surface area contributed by atoms with E-state index in [2.05, 4.69) is 5.32 Å². The van der Waals surface area contributed by atoms with E-state index in [1.807, 2.05) is 32.9 Å². The Balaban J connectivity index is 2.04. The molecule has 0 saturated carbocycles. The largest absolute Gasteiger partial charge is 0.351 e. The maximum atomic E-state index is 12.0. The lowest BCUT2D eigenvalue weighted by molar-refractivity contribution is -0.129. The van der Waals surface area contributed by atoms with Crippen molar-refractivity contribution in [2.75, 3.05) is 11.4 Å². The molecule has 5 heteroatoms. The maximum absolute atomic E-state index is 12.0. The summed E-state index contributed by atoms with van der Waals surface area (Å²) in [6.07, 6.45) is 0.338. The van der Waals surface area contributed by atoms with Gasteiger partial charge in [0, 0.05) is 29.1 Å². The van der Waals surface area contributed by atoms with Crippen LogP contribution in [-0.4, -0.2) is 24.4 Å². The molecule has 1 aromatic rings. The van der Waals surface area contributed by atoms with E-state index < -0.39 is 5.41 Å². The predicted molar refractivity (Wildman–Crippen MR) is 79.8 cm³/mol. The molecule has 0 aliphatic carbocycles. The predicted octanol–water partition coefficient (Wildman–Crippen LogP) is 2.61. The molecule has 2 rings (SSSR count). The van der Waals surface area contributed by atoms with Gasteiger partial charge in [-0.15, -0.1) is 0 Å². The average molecular weight is 295 g/mol. The highest BCUT2D eigenvalue weighted by Crippen LogP contribution is 2.24. The number of amides is 2. The van der Waals surface area contributed by atoms with E-state index in [1.165, 1.54) is 0 Å². The van der Waals surface area contributed by atoms with Crippen LogP contribution in [0.25, 0.3) is 0 Å². The fraction of sp³-hybridized carbons (Fsp3) is 0.467. The van der Waals surface area contributed by atoms with Crippen LogP contribution < -0.4 is 10.2 Å². The highest BCUT2D eigenvalue weighted by atomic mass is 35.5. The Morgan fingerprint density at radius 2 is 1.90 bits per heavy atom. The molecule has 0 spiro atoms. The molecule has 1 heterocycles. The monoisotopic (exact) mass is 294 g/mol. The zero-order valence-corrected chi connectivity index (χ0v) is 12.7. The SMILES string of the molecule is CC(C)(C)C(=O)N[C@@H]1CC(=O)N(c2ccc(Cl)cc2)C1. The number of anilines is 1. The number of hydrogen-bond donors (Lipinski definition) is 1. The molecule has 1 aromatic carbocycles. The lowest BCUT2D eigenvalue weighted by Crippen LogP contribution is -2.43. The summed E-state index contributed by atoms with van der Waals surface area (Å²) in [6, 6.07) is 7.00. The Kier molecular flexibility index (Phi) is 4.04. The molecule has 108 valence electrons. The average Bonchev–Trinajstić information content (AvgIpc) is 2.70. The number of halogens is 1. The highest BCUT2D eigenvalue weighted by Gasteiger charge is 2.33. The van der Waals surface area contributed by atoms with Gasteiger partial charge in [-0.3, -0.25) is 9.59 Å². The van der Waals surface area contributed by atoms with Gasteiger partial charge in [-0.2, -0.15) is 0 Å². The van der Waals surface area contributed by atoms with Crippen molar-refractivity contribution < 1.29 is 9.59 Å². The van der Waals surface area contributed by atoms with Gasteiger partial charge in [-0.25, -0.2) is 0 Å². The van der Waals surface area contributed by atoms with Crippen LogP contribution in [0.15, 0.2) is 24.3 Å². The Labute approximate surface area is 124 Å².